The molecule has 0 unspecified atom stereocenters. The van der Waals surface area contributed by atoms with E-state index >= 15 is 0 Å². The molecule has 0 aromatic rings. The molecule has 4 atom stereocenters. The van der Waals surface area contributed by atoms with Crippen LogP contribution >= 0.6 is 0 Å². The van der Waals surface area contributed by atoms with Crippen LogP contribution in [0.5, 0.6) is 0 Å². The first kappa shape index (κ1) is 12.8. The van der Waals surface area contributed by atoms with Gasteiger partial charge in [-0.1, -0.05) is 0 Å². The fourth-order valence-electron chi connectivity index (χ4n) is 0.840. The van der Waals surface area contributed by atoms with Gasteiger partial charge >= 0.3 is 0 Å². The molecule has 13 heavy (non-hydrogen) atoms. The lowest BCUT2D eigenvalue weighted by atomic mass is 10.0. The lowest BCUT2D eigenvalue weighted by Gasteiger charge is -2.22. The van der Waals surface area contributed by atoms with Gasteiger partial charge in [0.05, 0.1) is 37.5 Å². The highest BCUT2D eigenvalue weighted by atomic mass is 16.3. The van der Waals surface area contributed by atoms with Crippen molar-refractivity contribution in [1.82, 2.24) is 0 Å². The summed E-state index contributed by atoms with van der Waals surface area (Å²) >= 11 is 0. The van der Waals surface area contributed by atoms with E-state index in [1.165, 1.54) is 0 Å². The van der Waals surface area contributed by atoms with E-state index in [9.17, 15) is 10.2 Å². The van der Waals surface area contributed by atoms with Crippen molar-refractivity contribution in [3.05, 3.63) is 0 Å². The van der Waals surface area contributed by atoms with E-state index in [2.05, 4.69) is 0 Å². The molecule has 0 heterocycles. The molecule has 0 rings (SSSR count). The Hall–Kier alpha value is -0.240. The second kappa shape index (κ2) is 6.25. The maximum Gasteiger partial charge on any atom is 0.0738 e. The van der Waals surface area contributed by atoms with Crippen LogP contribution in [0, 0.1) is 0 Å². The summed E-state index contributed by atoms with van der Waals surface area (Å²) in [6.45, 7) is -0.718. The highest BCUT2D eigenvalue weighted by Crippen LogP contribution is 2.04. The first-order valence-electron chi connectivity index (χ1n) is 4.12. The molecule has 0 amide bonds. The number of nitrogens with two attached hydrogens (primary N) is 2. The van der Waals surface area contributed by atoms with E-state index < -0.39 is 24.3 Å². The van der Waals surface area contributed by atoms with Gasteiger partial charge in [-0.15, -0.1) is 0 Å². The van der Waals surface area contributed by atoms with E-state index in [0.29, 0.717) is 0 Å². The fraction of sp³-hybridized carbons (Fsp3) is 1.00. The van der Waals surface area contributed by atoms with Crippen LogP contribution < -0.4 is 11.5 Å². The normalized spacial score (nSPS) is 20.8. The number of aliphatic hydroxyl groups excluding tert-OH is 4. The Morgan fingerprint density at radius 1 is 0.846 bits per heavy atom. The average Bonchev–Trinajstić information content (AvgIpc) is 2.14. The maximum absolute atomic E-state index is 9.25. The number of rotatable bonds is 6. The van der Waals surface area contributed by atoms with Crippen LogP contribution in [0.2, 0.25) is 0 Å². The molecule has 0 bridgehead atoms. The molecule has 6 heteroatoms. The first-order chi connectivity index (χ1) is 6.02. The van der Waals surface area contributed by atoms with Gasteiger partial charge in [-0.2, -0.15) is 0 Å². The molecule has 0 spiro atoms. The summed E-state index contributed by atoms with van der Waals surface area (Å²) in [4.78, 5) is 0. The van der Waals surface area contributed by atoms with Crippen LogP contribution in [0.25, 0.3) is 0 Å². The van der Waals surface area contributed by atoms with Crippen LogP contribution in [0.3, 0.4) is 0 Å². The quantitative estimate of drug-likeness (QED) is 0.263. The Balaban J connectivity index is 3.83. The summed E-state index contributed by atoms with van der Waals surface area (Å²) in [6.07, 6.45) is -2.08. The molecule has 0 saturated carbocycles. The van der Waals surface area contributed by atoms with Crippen LogP contribution in [0.4, 0.5) is 0 Å². The molecule has 0 aromatic heterocycles. The lowest BCUT2D eigenvalue weighted by Crippen LogP contribution is -2.45. The monoisotopic (exact) mass is 194 g/mol. The molecule has 0 aromatic carbocycles. The molecule has 0 radical (unpaired) electrons. The minimum absolute atomic E-state index is 0.0521. The largest absolute Gasteiger partial charge is 0.395 e. The van der Waals surface area contributed by atoms with Gasteiger partial charge < -0.3 is 31.9 Å². The zero-order valence-corrected chi connectivity index (χ0v) is 7.37. The van der Waals surface area contributed by atoms with Gasteiger partial charge in [-0.25, -0.2) is 0 Å². The summed E-state index contributed by atoms with van der Waals surface area (Å²) < 4.78 is 0. The Morgan fingerprint density at radius 3 is 1.38 bits per heavy atom. The minimum Gasteiger partial charge on any atom is -0.395 e. The highest BCUT2D eigenvalue weighted by Gasteiger charge is 2.21. The molecule has 0 saturated heterocycles. The topological polar surface area (TPSA) is 133 Å². The van der Waals surface area contributed by atoms with Gasteiger partial charge in [0.25, 0.3) is 0 Å². The van der Waals surface area contributed by atoms with Crippen molar-refractivity contribution in [3.63, 3.8) is 0 Å². The van der Waals surface area contributed by atoms with E-state index in [1.54, 1.807) is 0 Å². The van der Waals surface area contributed by atoms with E-state index in [-0.39, 0.29) is 19.6 Å². The van der Waals surface area contributed by atoms with E-state index in [4.69, 9.17) is 21.7 Å². The Labute approximate surface area is 76.8 Å². The number of hydrogen-bond acceptors (Lipinski definition) is 6. The fourth-order valence-corrected chi connectivity index (χ4v) is 0.840. The van der Waals surface area contributed by atoms with Gasteiger partial charge in [0, 0.05) is 6.42 Å². The zero-order valence-electron chi connectivity index (χ0n) is 7.37. The highest BCUT2D eigenvalue weighted by molar-refractivity contribution is 4.79. The Morgan fingerprint density at radius 2 is 1.15 bits per heavy atom. The SMILES string of the molecule is N[C@H](CO)[C@H](O)C[C@H](O)[C@H](N)CO. The number of hydrogen-bond donors (Lipinski definition) is 6. The molecular formula is C7H18N2O4. The van der Waals surface area contributed by atoms with Gasteiger partial charge in [0.2, 0.25) is 0 Å². The van der Waals surface area contributed by atoms with E-state index in [0.717, 1.165) is 0 Å². The molecule has 8 N–H and O–H groups in total. The second-order valence-corrected chi connectivity index (χ2v) is 3.06. The van der Waals surface area contributed by atoms with Crippen molar-refractivity contribution in [2.75, 3.05) is 13.2 Å². The van der Waals surface area contributed by atoms with Crippen molar-refractivity contribution in [2.45, 2.75) is 30.7 Å². The van der Waals surface area contributed by atoms with Gasteiger partial charge in [-0.3, -0.25) is 0 Å². The molecule has 6 nitrogen and oxygen atoms in total. The summed E-state index contributed by atoms with van der Waals surface area (Å²) in [7, 11) is 0. The summed E-state index contributed by atoms with van der Waals surface area (Å²) in [5.41, 5.74) is 10.6. The van der Waals surface area contributed by atoms with Crippen molar-refractivity contribution in [1.29, 1.82) is 0 Å². The van der Waals surface area contributed by atoms with Crippen LogP contribution in [0.1, 0.15) is 6.42 Å². The van der Waals surface area contributed by atoms with Crippen LogP contribution in [-0.2, 0) is 0 Å². The molecule has 0 aliphatic carbocycles. The smallest absolute Gasteiger partial charge is 0.0738 e. The standard InChI is InChI=1S/C7H18N2O4/c8-4(2-10)6(12)1-7(13)5(9)3-11/h4-7,10-13H,1-3,8-9H2/t4-,5-,6-,7+/m1/s1. The van der Waals surface area contributed by atoms with Crippen molar-refractivity contribution in [3.8, 4) is 0 Å². The predicted octanol–water partition coefficient (Wildman–Crippen LogP) is -3.26. The van der Waals surface area contributed by atoms with Crippen LogP contribution in [0.15, 0.2) is 0 Å². The van der Waals surface area contributed by atoms with E-state index in [1.807, 2.05) is 0 Å². The maximum atomic E-state index is 9.25. The first-order valence-corrected chi connectivity index (χ1v) is 4.12. The molecule has 0 aliphatic heterocycles. The third-order valence-corrected chi connectivity index (χ3v) is 1.89. The summed E-state index contributed by atoms with van der Waals surface area (Å²) in [5, 5.41) is 35.6. The second-order valence-electron chi connectivity index (χ2n) is 3.06. The van der Waals surface area contributed by atoms with Gasteiger partial charge in [-0.05, 0) is 0 Å². The average molecular weight is 194 g/mol. The number of aliphatic hydroxyl groups is 4. The predicted molar refractivity (Wildman–Crippen MR) is 46.8 cm³/mol. The lowest BCUT2D eigenvalue weighted by molar-refractivity contribution is 0.0302. The molecule has 0 aliphatic rings. The Kier molecular flexibility index (Phi) is 6.13. The summed E-state index contributed by atoms with van der Waals surface area (Å²) in [5.74, 6) is 0. The third-order valence-electron chi connectivity index (χ3n) is 1.89. The molecular weight excluding hydrogens is 176 g/mol. The van der Waals surface area contributed by atoms with Gasteiger partial charge in [0.15, 0.2) is 0 Å². The summed E-state index contributed by atoms with van der Waals surface area (Å²) in [6, 6.07) is -1.58. The van der Waals surface area contributed by atoms with Crippen molar-refractivity contribution < 1.29 is 20.4 Å². The minimum atomic E-state index is -1.02. The zero-order chi connectivity index (χ0) is 10.4. The van der Waals surface area contributed by atoms with Crippen molar-refractivity contribution in [2.24, 2.45) is 11.5 Å². The third kappa shape index (κ3) is 4.51. The Bertz CT molecular complexity index is 122. The van der Waals surface area contributed by atoms with Crippen molar-refractivity contribution >= 4 is 0 Å². The molecule has 80 valence electrons. The van der Waals surface area contributed by atoms with Crippen LogP contribution in [-0.4, -0.2) is 57.9 Å². The van der Waals surface area contributed by atoms with Gasteiger partial charge in [0.1, 0.15) is 0 Å². The molecule has 0 fully saturated rings.